The van der Waals surface area contributed by atoms with Crippen molar-refractivity contribution in [3.05, 3.63) is 81.8 Å². The summed E-state index contributed by atoms with van der Waals surface area (Å²) in [6.07, 6.45) is 4.91. The Bertz CT molecular complexity index is 1170. The van der Waals surface area contributed by atoms with E-state index < -0.39 is 0 Å². The van der Waals surface area contributed by atoms with Crippen LogP contribution in [0.25, 0.3) is 17.5 Å². The van der Waals surface area contributed by atoms with E-state index in [0.717, 1.165) is 27.7 Å². The molecule has 4 aromatic rings. The van der Waals surface area contributed by atoms with Gasteiger partial charge in [-0.1, -0.05) is 24.3 Å². The first-order chi connectivity index (χ1) is 14.7. The predicted molar refractivity (Wildman–Crippen MR) is 121 cm³/mol. The molecule has 1 amide bonds. The van der Waals surface area contributed by atoms with Crippen molar-refractivity contribution in [3.63, 3.8) is 0 Å². The van der Waals surface area contributed by atoms with Gasteiger partial charge in [-0.05, 0) is 31.2 Å². The monoisotopic (exact) mass is 434 g/mol. The number of carbonyl (C=O) groups excluding carboxylic acids is 1. The standard InChI is InChI=1S/C22H18N4O2S2/c1-15-24-17(13-29-15)12-28-20-8-3-2-6-16(20)9-10-21(27)26-22-25-19(14-30-22)18-7-4-5-11-23-18/h2-11,13-14H,12H2,1H3,(H,25,26,27). The van der Waals surface area contributed by atoms with Crippen LogP contribution >= 0.6 is 22.7 Å². The number of carbonyl (C=O) groups is 1. The van der Waals surface area contributed by atoms with Crippen LogP contribution in [0.1, 0.15) is 16.3 Å². The van der Waals surface area contributed by atoms with Crippen molar-refractivity contribution < 1.29 is 9.53 Å². The highest BCUT2D eigenvalue weighted by Crippen LogP contribution is 2.24. The van der Waals surface area contributed by atoms with Crippen molar-refractivity contribution in [3.8, 4) is 17.1 Å². The second-order valence-electron chi connectivity index (χ2n) is 6.26. The number of aryl methyl sites for hydroxylation is 1. The molecule has 0 unspecified atom stereocenters. The second kappa shape index (κ2) is 9.43. The van der Waals surface area contributed by atoms with Gasteiger partial charge in [0.05, 0.1) is 16.4 Å². The van der Waals surface area contributed by atoms with Crippen molar-refractivity contribution in [2.45, 2.75) is 13.5 Å². The third-order valence-electron chi connectivity index (χ3n) is 4.04. The fourth-order valence-electron chi connectivity index (χ4n) is 2.65. The SMILES string of the molecule is Cc1nc(COc2ccccc2C=CC(=O)Nc2nc(-c3ccccn3)cs2)cs1. The fourth-order valence-corrected chi connectivity index (χ4v) is 3.96. The number of nitrogens with one attached hydrogen (secondary N) is 1. The lowest BCUT2D eigenvalue weighted by Crippen LogP contribution is -2.07. The average molecular weight is 435 g/mol. The molecule has 1 N–H and O–H groups in total. The van der Waals surface area contributed by atoms with Crippen molar-refractivity contribution in [1.29, 1.82) is 0 Å². The third-order valence-corrected chi connectivity index (χ3v) is 5.62. The first kappa shape index (κ1) is 19.9. The molecular formula is C22H18N4O2S2. The summed E-state index contributed by atoms with van der Waals surface area (Å²) in [5.41, 5.74) is 3.21. The molecule has 30 heavy (non-hydrogen) atoms. The summed E-state index contributed by atoms with van der Waals surface area (Å²) in [6, 6.07) is 13.2. The highest BCUT2D eigenvalue weighted by molar-refractivity contribution is 7.14. The maximum atomic E-state index is 12.3. The van der Waals surface area contributed by atoms with E-state index in [4.69, 9.17) is 4.74 Å². The van der Waals surface area contributed by atoms with Gasteiger partial charge >= 0.3 is 0 Å². The van der Waals surface area contributed by atoms with Crippen LogP contribution in [0.5, 0.6) is 5.75 Å². The Kier molecular flexibility index (Phi) is 6.26. The number of thiazole rings is 2. The summed E-state index contributed by atoms with van der Waals surface area (Å²) >= 11 is 2.95. The number of pyridine rings is 1. The van der Waals surface area contributed by atoms with Gasteiger partial charge in [0.15, 0.2) is 5.13 Å². The molecule has 0 aliphatic carbocycles. The van der Waals surface area contributed by atoms with Crippen LogP contribution in [0.15, 0.2) is 65.5 Å². The molecule has 0 spiro atoms. The maximum absolute atomic E-state index is 12.3. The lowest BCUT2D eigenvalue weighted by Gasteiger charge is -2.07. The van der Waals surface area contributed by atoms with Crippen LogP contribution < -0.4 is 10.1 Å². The zero-order valence-electron chi connectivity index (χ0n) is 16.1. The van der Waals surface area contributed by atoms with E-state index >= 15 is 0 Å². The fraction of sp³-hybridized carbons (Fsp3) is 0.0909. The van der Waals surface area contributed by atoms with E-state index in [1.165, 1.54) is 17.4 Å². The Morgan fingerprint density at radius 2 is 1.93 bits per heavy atom. The molecule has 3 heterocycles. The lowest BCUT2D eigenvalue weighted by molar-refractivity contribution is -0.111. The van der Waals surface area contributed by atoms with Crippen LogP contribution in [0.3, 0.4) is 0 Å². The highest BCUT2D eigenvalue weighted by atomic mass is 32.1. The minimum absolute atomic E-state index is 0.262. The third kappa shape index (κ3) is 5.16. The molecule has 150 valence electrons. The number of ether oxygens (including phenoxy) is 1. The van der Waals surface area contributed by atoms with Gasteiger partial charge in [-0.15, -0.1) is 22.7 Å². The quantitative estimate of drug-likeness (QED) is 0.405. The van der Waals surface area contributed by atoms with Gasteiger partial charge in [0.2, 0.25) is 5.91 Å². The number of aromatic nitrogens is 3. The van der Waals surface area contributed by atoms with Crippen LogP contribution in [-0.2, 0) is 11.4 Å². The van der Waals surface area contributed by atoms with E-state index in [1.54, 1.807) is 23.6 Å². The lowest BCUT2D eigenvalue weighted by atomic mass is 10.2. The van der Waals surface area contributed by atoms with Gasteiger partial charge in [-0.2, -0.15) is 0 Å². The summed E-state index contributed by atoms with van der Waals surface area (Å²) < 4.78 is 5.88. The van der Waals surface area contributed by atoms with Crippen LogP contribution in [0.2, 0.25) is 0 Å². The molecule has 0 bridgehead atoms. The van der Waals surface area contributed by atoms with Crippen molar-refractivity contribution in [2.75, 3.05) is 5.32 Å². The van der Waals surface area contributed by atoms with Crippen molar-refractivity contribution in [1.82, 2.24) is 15.0 Å². The number of anilines is 1. The molecule has 1 aromatic carbocycles. The first-order valence-electron chi connectivity index (χ1n) is 9.16. The first-order valence-corrected chi connectivity index (χ1v) is 10.9. The number of hydrogen-bond acceptors (Lipinski definition) is 7. The largest absolute Gasteiger partial charge is 0.487 e. The molecular weight excluding hydrogens is 416 g/mol. The van der Waals surface area contributed by atoms with Crippen LogP contribution in [0.4, 0.5) is 5.13 Å². The van der Waals surface area contributed by atoms with E-state index in [-0.39, 0.29) is 5.91 Å². The Morgan fingerprint density at radius 1 is 1.07 bits per heavy atom. The summed E-state index contributed by atoms with van der Waals surface area (Å²) in [7, 11) is 0. The zero-order valence-corrected chi connectivity index (χ0v) is 17.7. The minimum atomic E-state index is -0.262. The van der Waals surface area contributed by atoms with Gasteiger partial charge in [0, 0.05) is 28.6 Å². The molecule has 0 aliphatic heterocycles. The van der Waals surface area contributed by atoms with E-state index in [9.17, 15) is 4.79 Å². The van der Waals surface area contributed by atoms with Gasteiger partial charge in [-0.25, -0.2) is 9.97 Å². The number of amides is 1. The molecule has 3 aromatic heterocycles. The molecule has 6 nitrogen and oxygen atoms in total. The van der Waals surface area contributed by atoms with Gasteiger partial charge in [0.25, 0.3) is 0 Å². The summed E-state index contributed by atoms with van der Waals surface area (Å²) in [5, 5.41) is 8.16. The average Bonchev–Trinajstić information content (AvgIpc) is 3.41. The Morgan fingerprint density at radius 3 is 2.73 bits per heavy atom. The number of hydrogen-bond donors (Lipinski definition) is 1. The number of rotatable bonds is 7. The number of para-hydroxylation sites is 1. The van der Waals surface area contributed by atoms with Crippen molar-refractivity contribution >= 4 is 39.8 Å². The summed E-state index contributed by atoms with van der Waals surface area (Å²) in [4.78, 5) is 25.4. The summed E-state index contributed by atoms with van der Waals surface area (Å²) in [6.45, 7) is 2.35. The topological polar surface area (TPSA) is 77.0 Å². The normalized spacial score (nSPS) is 11.0. The molecule has 0 aliphatic rings. The maximum Gasteiger partial charge on any atom is 0.250 e. The molecule has 0 fully saturated rings. The van der Waals surface area contributed by atoms with Crippen molar-refractivity contribution in [2.24, 2.45) is 0 Å². The van der Waals surface area contributed by atoms with E-state index in [1.807, 2.05) is 60.1 Å². The predicted octanol–water partition coefficient (Wildman–Crippen LogP) is 5.20. The second-order valence-corrected chi connectivity index (χ2v) is 8.18. The molecule has 0 atom stereocenters. The Labute approximate surface area is 182 Å². The molecule has 0 saturated carbocycles. The van der Waals surface area contributed by atoms with E-state index in [2.05, 4.69) is 20.3 Å². The Balaban J connectivity index is 1.39. The minimum Gasteiger partial charge on any atom is -0.487 e. The number of nitrogens with zero attached hydrogens (tertiary/aromatic N) is 3. The van der Waals surface area contributed by atoms with E-state index in [0.29, 0.717) is 17.5 Å². The van der Waals surface area contributed by atoms with Gasteiger partial charge in [-0.3, -0.25) is 15.1 Å². The summed E-state index contributed by atoms with van der Waals surface area (Å²) in [5.74, 6) is 0.431. The Hall–Kier alpha value is -3.36. The zero-order chi connectivity index (χ0) is 20.8. The van der Waals surface area contributed by atoms with Gasteiger partial charge in [0.1, 0.15) is 18.1 Å². The smallest absolute Gasteiger partial charge is 0.250 e. The van der Waals surface area contributed by atoms with Crippen LogP contribution in [0, 0.1) is 6.92 Å². The molecule has 4 rings (SSSR count). The highest BCUT2D eigenvalue weighted by Gasteiger charge is 2.08. The molecule has 8 heteroatoms. The van der Waals surface area contributed by atoms with Gasteiger partial charge < -0.3 is 4.74 Å². The number of benzene rings is 1. The van der Waals surface area contributed by atoms with Crippen LogP contribution in [-0.4, -0.2) is 20.9 Å². The molecule has 0 saturated heterocycles. The molecule has 0 radical (unpaired) electrons.